The Morgan fingerprint density at radius 2 is 2.11 bits per heavy atom. The third-order valence-electron chi connectivity index (χ3n) is 5.12. The minimum absolute atomic E-state index is 0.179. The minimum atomic E-state index is -0.272. The van der Waals surface area contributed by atoms with Crippen molar-refractivity contribution < 1.29 is 9.32 Å². The van der Waals surface area contributed by atoms with E-state index in [0.717, 1.165) is 24.2 Å². The Bertz CT molecular complexity index is 1080. The molecule has 140 valence electrons. The van der Waals surface area contributed by atoms with E-state index < -0.39 is 0 Å². The number of carbonyl (C=O) groups is 1. The third-order valence-corrected chi connectivity index (χ3v) is 5.12. The van der Waals surface area contributed by atoms with Crippen LogP contribution in [0.3, 0.4) is 0 Å². The van der Waals surface area contributed by atoms with Crippen LogP contribution in [-0.4, -0.2) is 32.1 Å². The van der Waals surface area contributed by atoms with Crippen LogP contribution in [0.25, 0.3) is 11.0 Å². The Morgan fingerprint density at radius 1 is 1.30 bits per heavy atom. The van der Waals surface area contributed by atoms with Crippen molar-refractivity contribution in [3.05, 3.63) is 57.3 Å². The summed E-state index contributed by atoms with van der Waals surface area (Å²) in [6.45, 7) is 6.93. The molecule has 0 spiro atoms. The van der Waals surface area contributed by atoms with Crippen molar-refractivity contribution in [1.29, 1.82) is 0 Å². The summed E-state index contributed by atoms with van der Waals surface area (Å²) in [6, 6.07) is 5.23. The van der Waals surface area contributed by atoms with Crippen LogP contribution in [0.1, 0.15) is 53.3 Å². The van der Waals surface area contributed by atoms with Gasteiger partial charge in [-0.05, 0) is 45.7 Å². The van der Waals surface area contributed by atoms with Gasteiger partial charge in [-0.3, -0.25) is 9.59 Å². The van der Waals surface area contributed by atoms with Gasteiger partial charge in [-0.1, -0.05) is 5.16 Å². The first-order valence-electron chi connectivity index (χ1n) is 9.24. The first-order valence-corrected chi connectivity index (χ1v) is 9.24. The molecule has 1 amide bonds. The molecular formula is C20H22N4O3. The van der Waals surface area contributed by atoms with Crippen LogP contribution < -0.4 is 5.43 Å². The van der Waals surface area contributed by atoms with Gasteiger partial charge in [-0.25, -0.2) is 4.98 Å². The first kappa shape index (κ1) is 17.5. The Balaban J connectivity index is 1.79. The topological polar surface area (TPSA) is 81.2 Å². The highest BCUT2D eigenvalue weighted by Gasteiger charge is 2.34. The molecule has 0 aliphatic carbocycles. The summed E-state index contributed by atoms with van der Waals surface area (Å²) in [6.07, 6.45) is 3.31. The highest BCUT2D eigenvalue weighted by molar-refractivity contribution is 5.97. The average Bonchev–Trinajstić information content (AvgIpc) is 3.30. The van der Waals surface area contributed by atoms with Gasteiger partial charge < -0.3 is 14.0 Å². The molecule has 1 aliphatic rings. The molecule has 0 bridgehead atoms. The number of hydrogen-bond donors (Lipinski definition) is 0. The summed E-state index contributed by atoms with van der Waals surface area (Å²) in [5, 5.41) is 4.41. The highest BCUT2D eigenvalue weighted by Crippen LogP contribution is 2.33. The molecule has 4 heterocycles. The zero-order chi connectivity index (χ0) is 19.1. The molecule has 0 aromatic carbocycles. The fraction of sp³-hybridized carbons (Fsp3) is 0.400. The van der Waals surface area contributed by atoms with E-state index >= 15 is 0 Å². The minimum Gasteiger partial charge on any atom is -0.359 e. The second-order valence-electron chi connectivity index (χ2n) is 7.01. The van der Waals surface area contributed by atoms with Crippen molar-refractivity contribution in [2.24, 2.45) is 0 Å². The molecule has 1 fully saturated rings. The lowest BCUT2D eigenvalue weighted by Crippen LogP contribution is -2.34. The van der Waals surface area contributed by atoms with E-state index in [9.17, 15) is 9.59 Å². The van der Waals surface area contributed by atoms with Crippen molar-refractivity contribution in [3.8, 4) is 0 Å². The van der Waals surface area contributed by atoms with Gasteiger partial charge in [0.05, 0.1) is 17.1 Å². The van der Waals surface area contributed by atoms with E-state index in [1.807, 2.05) is 31.4 Å². The van der Waals surface area contributed by atoms with Crippen molar-refractivity contribution in [2.45, 2.75) is 46.2 Å². The lowest BCUT2D eigenvalue weighted by Gasteiger charge is -2.23. The molecule has 3 aromatic rings. The zero-order valence-electron chi connectivity index (χ0n) is 15.7. The number of amides is 1. The summed E-state index contributed by atoms with van der Waals surface area (Å²) < 4.78 is 7.25. The SMILES string of the molecule is CCn1cc(C(=O)N2CCCC2c2cc(C)no2)c(=O)c2ccc(C)nc21. The second kappa shape index (κ2) is 6.64. The van der Waals surface area contributed by atoms with Gasteiger partial charge in [0.15, 0.2) is 5.76 Å². The summed E-state index contributed by atoms with van der Waals surface area (Å²) in [4.78, 5) is 32.5. The predicted molar refractivity (Wildman–Crippen MR) is 101 cm³/mol. The standard InChI is InChI=1S/C20H22N4O3/c1-4-23-11-15(18(25)14-8-7-12(2)21-19(14)23)20(26)24-9-5-6-16(24)17-10-13(3)22-27-17/h7-8,10-11,16H,4-6,9H2,1-3H3. The first-order chi connectivity index (χ1) is 13.0. The molecule has 0 N–H and O–H groups in total. The number of likely N-dealkylation sites (tertiary alicyclic amines) is 1. The van der Waals surface area contributed by atoms with Gasteiger partial charge in [-0.15, -0.1) is 0 Å². The molecule has 1 atom stereocenters. The van der Waals surface area contributed by atoms with Crippen molar-refractivity contribution in [1.82, 2.24) is 19.6 Å². The molecule has 0 radical (unpaired) electrons. The maximum absolute atomic E-state index is 13.3. The lowest BCUT2D eigenvalue weighted by molar-refractivity contribution is 0.0712. The predicted octanol–water partition coefficient (Wildman–Crippen LogP) is 3.00. The summed E-state index contributed by atoms with van der Waals surface area (Å²) >= 11 is 0. The van der Waals surface area contributed by atoms with Crippen LogP contribution in [0, 0.1) is 13.8 Å². The average molecular weight is 366 g/mol. The van der Waals surface area contributed by atoms with Crippen LogP contribution in [-0.2, 0) is 6.54 Å². The number of fused-ring (bicyclic) bond motifs is 1. The van der Waals surface area contributed by atoms with E-state index in [0.29, 0.717) is 29.9 Å². The van der Waals surface area contributed by atoms with Gasteiger partial charge in [0, 0.05) is 31.0 Å². The zero-order valence-corrected chi connectivity index (χ0v) is 15.7. The molecular weight excluding hydrogens is 344 g/mol. The Kier molecular flexibility index (Phi) is 4.30. The van der Waals surface area contributed by atoms with Crippen LogP contribution in [0.4, 0.5) is 0 Å². The van der Waals surface area contributed by atoms with Crippen molar-refractivity contribution >= 4 is 16.9 Å². The normalized spacial score (nSPS) is 17.0. The number of hydrogen-bond acceptors (Lipinski definition) is 5. The molecule has 1 saturated heterocycles. The van der Waals surface area contributed by atoms with E-state index in [1.165, 1.54) is 0 Å². The van der Waals surface area contributed by atoms with Gasteiger partial charge >= 0.3 is 0 Å². The summed E-state index contributed by atoms with van der Waals surface area (Å²) in [5.41, 5.74) is 2.14. The number of carbonyl (C=O) groups excluding carboxylic acids is 1. The van der Waals surface area contributed by atoms with Gasteiger partial charge in [0.2, 0.25) is 5.43 Å². The largest absolute Gasteiger partial charge is 0.359 e. The number of aryl methyl sites for hydroxylation is 3. The van der Waals surface area contributed by atoms with Crippen LogP contribution >= 0.6 is 0 Å². The maximum Gasteiger partial charge on any atom is 0.259 e. The highest BCUT2D eigenvalue weighted by atomic mass is 16.5. The maximum atomic E-state index is 13.3. The molecule has 3 aromatic heterocycles. The quantitative estimate of drug-likeness (QED) is 0.712. The Hall–Kier alpha value is -2.96. The number of rotatable bonds is 3. The van der Waals surface area contributed by atoms with Crippen molar-refractivity contribution in [2.75, 3.05) is 6.54 Å². The number of aromatic nitrogens is 3. The molecule has 4 rings (SSSR count). The van der Waals surface area contributed by atoms with Gasteiger partial charge in [0.1, 0.15) is 11.2 Å². The van der Waals surface area contributed by atoms with Crippen molar-refractivity contribution in [3.63, 3.8) is 0 Å². The Morgan fingerprint density at radius 3 is 2.81 bits per heavy atom. The van der Waals surface area contributed by atoms with Gasteiger partial charge in [0.25, 0.3) is 5.91 Å². The Labute approximate surface area is 156 Å². The van der Waals surface area contributed by atoms with Gasteiger partial charge in [-0.2, -0.15) is 0 Å². The second-order valence-corrected chi connectivity index (χ2v) is 7.01. The van der Waals surface area contributed by atoms with Crippen LogP contribution in [0.2, 0.25) is 0 Å². The fourth-order valence-corrected chi connectivity index (χ4v) is 3.75. The molecule has 7 heteroatoms. The van der Waals surface area contributed by atoms with E-state index in [1.54, 1.807) is 23.2 Å². The van der Waals surface area contributed by atoms with E-state index in [2.05, 4.69) is 10.1 Å². The molecule has 1 aliphatic heterocycles. The number of pyridine rings is 2. The lowest BCUT2D eigenvalue weighted by atomic mass is 10.1. The smallest absolute Gasteiger partial charge is 0.259 e. The third kappa shape index (κ3) is 2.93. The summed E-state index contributed by atoms with van der Waals surface area (Å²) in [7, 11) is 0. The monoisotopic (exact) mass is 366 g/mol. The number of nitrogens with zero attached hydrogens (tertiary/aromatic N) is 4. The fourth-order valence-electron chi connectivity index (χ4n) is 3.75. The molecule has 1 unspecified atom stereocenters. The van der Waals surface area contributed by atoms with E-state index in [-0.39, 0.29) is 22.9 Å². The van der Waals surface area contributed by atoms with Crippen LogP contribution in [0.15, 0.2) is 33.7 Å². The molecule has 27 heavy (non-hydrogen) atoms. The molecule has 0 saturated carbocycles. The van der Waals surface area contributed by atoms with Crippen LogP contribution in [0.5, 0.6) is 0 Å². The molecule has 7 nitrogen and oxygen atoms in total. The summed E-state index contributed by atoms with van der Waals surface area (Å²) in [5.74, 6) is 0.411. The van der Waals surface area contributed by atoms with E-state index in [4.69, 9.17) is 4.52 Å².